The molecule has 0 fully saturated rings. The van der Waals surface area contributed by atoms with Crippen molar-refractivity contribution in [2.45, 2.75) is 53.1 Å². The van der Waals surface area contributed by atoms with Gasteiger partial charge in [0.1, 0.15) is 11.8 Å². The molecule has 2 amide bonds. The lowest BCUT2D eigenvalue weighted by Gasteiger charge is -2.29. The van der Waals surface area contributed by atoms with Gasteiger partial charge in [0.2, 0.25) is 5.91 Å². The van der Waals surface area contributed by atoms with Gasteiger partial charge in [0.15, 0.2) is 6.61 Å². The molecule has 0 bridgehead atoms. The number of aryl methyl sites for hydroxylation is 2. The van der Waals surface area contributed by atoms with Crippen LogP contribution in [-0.4, -0.2) is 35.9 Å². The topological polar surface area (TPSA) is 58.6 Å². The van der Waals surface area contributed by atoms with E-state index in [0.717, 1.165) is 29.5 Å². The molecule has 0 heterocycles. The normalized spacial score (nSPS) is 11.7. The summed E-state index contributed by atoms with van der Waals surface area (Å²) >= 11 is 12.2. The molecule has 2 aromatic carbocycles. The van der Waals surface area contributed by atoms with Crippen LogP contribution in [0.5, 0.6) is 5.75 Å². The third-order valence-corrected chi connectivity index (χ3v) is 5.88. The van der Waals surface area contributed by atoms with E-state index in [1.807, 2.05) is 26.0 Å². The number of nitrogens with zero attached hydrogens (tertiary/aromatic N) is 1. The van der Waals surface area contributed by atoms with E-state index < -0.39 is 6.04 Å². The number of carbonyl (C=O) groups excluding carboxylic acids is 2. The minimum absolute atomic E-state index is 0.180. The van der Waals surface area contributed by atoms with Gasteiger partial charge in [0.05, 0.1) is 0 Å². The Hall–Kier alpha value is -2.24. The third kappa shape index (κ3) is 7.44. The summed E-state index contributed by atoms with van der Waals surface area (Å²) in [4.78, 5) is 27.2. The molecule has 0 aliphatic carbocycles. The Bertz CT molecular complexity index is 877. The first kappa shape index (κ1) is 25.0. The van der Waals surface area contributed by atoms with Gasteiger partial charge in [-0.1, -0.05) is 48.7 Å². The number of unbranched alkanes of at least 4 members (excludes halogenated alkanes) is 1. The van der Waals surface area contributed by atoms with Gasteiger partial charge in [-0.25, -0.2) is 0 Å². The van der Waals surface area contributed by atoms with Crippen LogP contribution in [0.4, 0.5) is 0 Å². The van der Waals surface area contributed by atoms with E-state index in [9.17, 15) is 9.59 Å². The van der Waals surface area contributed by atoms with Crippen molar-refractivity contribution in [1.82, 2.24) is 10.2 Å². The molecule has 5 nitrogen and oxygen atoms in total. The Balaban J connectivity index is 2.14. The standard InChI is InChI=1S/C24H30Cl2N2O3/c1-5-6-11-27-24(30)18(4)28(14-19-7-9-20(25)10-8-19)22(29)15-31-21-12-16(2)23(26)17(3)13-21/h7-10,12-13,18H,5-6,11,14-15H2,1-4H3,(H,27,30)/t18-/m0/s1. The Morgan fingerprint density at radius 2 is 1.71 bits per heavy atom. The van der Waals surface area contributed by atoms with Crippen molar-refractivity contribution in [2.24, 2.45) is 0 Å². The summed E-state index contributed by atoms with van der Waals surface area (Å²) < 4.78 is 5.75. The number of hydrogen-bond donors (Lipinski definition) is 1. The van der Waals surface area contributed by atoms with Crippen molar-refractivity contribution < 1.29 is 14.3 Å². The molecule has 168 valence electrons. The molecular formula is C24H30Cl2N2O3. The number of rotatable bonds is 10. The molecule has 0 aliphatic rings. The molecule has 2 aromatic rings. The zero-order valence-corrected chi connectivity index (χ0v) is 20.0. The molecule has 7 heteroatoms. The second kappa shape index (κ2) is 12.0. The van der Waals surface area contributed by atoms with Crippen LogP contribution in [0.15, 0.2) is 36.4 Å². The maximum atomic E-state index is 13.1. The van der Waals surface area contributed by atoms with Gasteiger partial charge in [-0.3, -0.25) is 9.59 Å². The minimum atomic E-state index is -0.641. The van der Waals surface area contributed by atoms with Gasteiger partial charge >= 0.3 is 0 Å². The predicted molar refractivity (Wildman–Crippen MR) is 126 cm³/mol. The second-order valence-corrected chi connectivity index (χ2v) is 8.44. The largest absolute Gasteiger partial charge is 0.484 e. The molecule has 0 radical (unpaired) electrons. The average molecular weight is 465 g/mol. The maximum Gasteiger partial charge on any atom is 0.261 e. The van der Waals surface area contributed by atoms with Gasteiger partial charge in [0.25, 0.3) is 5.91 Å². The molecule has 0 saturated carbocycles. The molecule has 1 N–H and O–H groups in total. The summed E-state index contributed by atoms with van der Waals surface area (Å²) in [6.45, 7) is 8.25. The highest BCUT2D eigenvalue weighted by molar-refractivity contribution is 6.32. The lowest BCUT2D eigenvalue weighted by atomic mass is 10.1. The minimum Gasteiger partial charge on any atom is -0.484 e. The molecule has 0 spiro atoms. The maximum absolute atomic E-state index is 13.1. The summed E-state index contributed by atoms with van der Waals surface area (Å²) in [6, 6.07) is 10.2. The first-order chi connectivity index (χ1) is 14.7. The molecular weight excluding hydrogens is 435 g/mol. The molecule has 2 rings (SSSR count). The first-order valence-electron chi connectivity index (χ1n) is 10.4. The summed E-state index contributed by atoms with van der Waals surface area (Å²) in [5.74, 6) is 0.103. The Labute approximate surface area is 194 Å². The highest BCUT2D eigenvalue weighted by Gasteiger charge is 2.26. The van der Waals surface area contributed by atoms with E-state index in [4.69, 9.17) is 27.9 Å². The van der Waals surface area contributed by atoms with Gasteiger partial charge < -0.3 is 15.0 Å². The van der Waals surface area contributed by atoms with Crippen LogP contribution >= 0.6 is 23.2 Å². The number of ether oxygens (including phenoxy) is 1. The van der Waals surface area contributed by atoms with E-state index in [1.54, 1.807) is 31.2 Å². The number of nitrogens with one attached hydrogen (secondary N) is 1. The lowest BCUT2D eigenvalue weighted by molar-refractivity contribution is -0.142. The molecule has 1 atom stereocenters. The van der Waals surface area contributed by atoms with Crippen LogP contribution in [0.2, 0.25) is 10.0 Å². The third-order valence-electron chi connectivity index (χ3n) is 5.04. The highest BCUT2D eigenvalue weighted by atomic mass is 35.5. The number of benzene rings is 2. The van der Waals surface area contributed by atoms with Crippen LogP contribution in [-0.2, 0) is 16.1 Å². The summed E-state index contributed by atoms with van der Waals surface area (Å²) in [7, 11) is 0. The summed E-state index contributed by atoms with van der Waals surface area (Å²) in [6.07, 6.45) is 1.87. The van der Waals surface area contributed by atoms with E-state index in [-0.39, 0.29) is 25.0 Å². The Morgan fingerprint density at radius 3 is 2.29 bits per heavy atom. The van der Waals surface area contributed by atoms with Crippen LogP contribution in [0.25, 0.3) is 0 Å². The van der Waals surface area contributed by atoms with Crippen molar-refractivity contribution in [3.8, 4) is 5.75 Å². The van der Waals surface area contributed by atoms with E-state index in [1.165, 1.54) is 4.90 Å². The van der Waals surface area contributed by atoms with Crippen molar-refractivity contribution in [3.05, 3.63) is 63.1 Å². The number of carbonyl (C=O) groups is 2. The predicted octanol–water partition coefficient (Wildman–Crippen LogP) is 5.32. The van der Waals surface area contributed by atoms with Gasteiger partial charge in [-0.2, -0.15) is 0 Å². The quantitative estimate of drug-likeness (QED) is 0.483. The van der Waals surface area contributed by atoms with Crippen LogP contribution in [0.3, 0.4) is 0 Å². The SMILES string of the molecule is CCCCNC(=O)[C@H](C)N(Cc1ccc(Cl)cc1)C(=O)COc1cc(C)c(Cl)c(C)c1. The van der Waals surface area contributed by atoms with Gasteiger partial charge in [-0.15, -0.1) is 0 Å². The van der Waals surface area contributed by atoms with Crippen LogP contribution in [0, 0.1) is 13.8 Å². The van der Waals surface area contributed by atoms with Gasteiger partial charge in [0, 0.05) is 23.1 Å². The van der Waals surface area contributed by atoms with E-state index in [2.05, 4.69) is 12.2 Å². The van der Waals surface area contributed by atoms with Crippen LogP contribution < -0.4 is 10.1 Å². The summed E-state index contributed by atoms with van der Waals surface area (Å²) in [5.41, 5.74) is 2.64. The Morgan fingerprint density at radius 1 is 1.10 bits per heavy atom. The second-order valence-electron chi connectivity index (χ2n) is 7.63. The molecule has 0 aromatic heterocycles. The zero-order chi connectivity index (χ0) is 23.0. The van der Waals surface area contributed by atoms with Crippen molar-refractivity contribution >= 4 is 35.0 Å². The van der Waals surface area contributed by atoms with E-state index in [0.29, 0.717) is 22.3 Å². The monoisotopic (exact) mass is 464 g/mol. The average Bonchev–Trinajstić information content (AvgIpc) is 2.74. The molecule has 0 unspecified atom stereocenters. The van der Waals surface area contributed by atoms with Crippen molar-refractivity contribution in [2.75, 3.05) is 13.2 Å². The van der Waals surface area contributed by atoms with Crippen LogP contribution in [0.1, 0.15) is 43.4 Å². The molecule has 0 aliphatic heterocycles. The highest BCUT2D eigenvalue weighted by Crippen LogP contribution is 2.26. The smallest absolute Gasteiger partial charge is 0.261 e. The molecule has 31 heavy (non-hydrogen) atoms. The summed E-state index contributed by atoms with van der Waals surface area (Å²) in [5, 5.41) is 4.19. The lowest BCUT2D eigenvalue weighted by Crippen LogP contribution is -2.49. The fourth-order valence-corrected chi connectivity index (χ4v) is 3.36. The van der Waals surface area contributed by atoms with Crippen molar-refractivity contribution in [1.29, 1.82) is 0 Å². The van der Waals surface area contributed by atoms with Gasteiger partial charge in [-0.05, 0) is 68.1 Å². The van der Waals surface area contributed by atoms with Crippen molar-refractivity contribution in [3.63, 3.8) is 0 Å². The first-order valence-corrected chi connectivity index (χ1v) is 11.2. The Kier molecular flexibility index (Phi) is 9.66. The molecule has 0 saturated heterocycles. The number of halogens is 2. The van der Waals surface area contributed by atoms with E-state index >= 15 is 0 Å². The fourth-order valence-electron chi connectivity index (χ4n) is 3.12. The zero-order valence-electron chi connectivity index (χ0n) is 18.5. The number of hydrogen-bond acceptors (Lipinski definition) is 3. The fraction of sp³-hybridized carbons (Fsp3) is 0.417. The number of amides is 2.